The van der Waals surface area contributed by atoms with Crippen LogP contribution in [0.5, 0.6) is 0 Å². The van der Waals surface area contributed by atoms with E-state index in [1.54, 1.807) is 55.4 Å². The summed E-state index contributed by atoms with van der Waals surface area (Å²) >= 11 is 3.53. The first-order valence-corrected chi connectivity index (χ1v) is 14.8. The van der Waals surface area contributed by atoms with Crippen molar-refractivity contribution >= 4 is 45.7 Å². The van der Waals surface area contributed by atoms with Crippen LogP contribution in [0.25, 0.3) is 0 Å². The summed E-state index contributed by atoms with van der Waals surface area (Å²) in [6.45, 7) is 19.6. The Labute approximate surface area is 257 Å². The zero-order valence-electron chi connectivity index (χ0n) is 26.7. The normalized spacial score (nSPS) is 17.7. The summed E-state index contributed by atoms with van der Waals surface area (Å²) in [6.07, 6.45) is -1.55. The summed E-state index contributed by atoms with van der Waals surface area (Å²) in [4.78, 5) is 55.5. The Hall–Kier alpha value is -2.70. The number of likely N-dealkylation sites (tertiary alicyclic amines) is 1. The summed E-state index contributed by atoms with van der Waals surface area (Å²) in [6, 6.07) is 2.93. The number of benzene rings is 1. The maximum atomic E-state index is 13.5. The van der Waals surface area contributed by atoms with Gasteiger partial charge in [-0.2, -0.15) is 4.90 Å². The number of hydrogen-bond acceptors (Lipinski definition) is 10. The van der Waals surface area contributed by atoms with Gasteiger partial charge in [0, 0.05) is 23.1 Å². The molecular weight excluding hydrogens is 610 g/mol. The number of nitrogens with two attached hydrogens (primary N) is 1. The first-order chi connectivity index (χ1) is 19.0. The van der Waals surface area contributed by atoms with E-state index in [0.29, 0.717) is 34.4 Å². The number of anilines is 1. The average molecular weight is 657 g/mol. The molecule has 12 heteroatoms. The molecule has 236 valence electrons. The lowest BCUT2D eigenvalue weighted by Gasteiger charge is -2.37. The molecular formula is C30H46BrN3O8. The van der Waals surface area contributed by atoms with Crippen LogP contribution in [0, 0.1) is 5.92 Å². The van der Waals surface area contributed by atoms with E-state index in [-0.39, 0.29) is 29.7 Å². The first-order valence-electron chi connectivity index (χ1n) is 14.0. The molecule has 1 aromatic carbocycles. The van der Waals surface area contributed by atoms with Gasteiger partial charge < -0.3 is 24.7 Å². The smallest absolute Gasteiger partial charge is 0.424 e. The van der Waals surface area contributed by atoms with E-state index in [0.717, 1.165) is 0 Å². The summed E-state index contributed by atoms with van der Waals surface area (Å²) < 4.78 is 22.4. The molecule has 1 saturated heterocycles. The molecule has 2 atom stereocenters. The molecule has 1 aliphatic rings. The van der Waals surface area contributed by atoms with E-state index < -0.39 is 40.6 Å². The van der Waals surface area contributed by atoms with E-state index in [1.807, 2.05) is 25.7 Å². The molecule has 0 radical (unpaired) electrons. The number of imide groups is 1. The average Bonchev–Trinajstić information content (AvgIpc) is 3.28. The van der Waals surface area contributed by atoms with E-state index >= 15 is 0 Å². The Balaban J connectivity index is 2.68. The molecule has 1 unspecified atom stereocenters. The van der Waals surface area contributed by atoms with Gasteiger partial charge in [0.05, 0.1) is 29.4 Å². The van der Waals surface area contributed by atoms with E-state index in [4.69, 9.17) is 24.7 Å². The van der Waals surface area contributed by atoms with Gasteiger partial charge in [0.2, 0.25) is 0 Å². The third-order valence-electron chi connectivity index (χ3n) is 6.10. The van der Waals surface area contributed by atoms with Gasteiger partial charge in [0.1, 0.15) is 16.8 Å². The highest BCUT2D eigenvalue weighted by molar-refractivity contribution is 9.10. The molecule has 1 fully saturated rings. The number of rotatable bonds is 6. The second-order valence-corrected chi connectivity index (χ2v) is 14.3. The minimum absolute atomic E-state index is 0.0605. The van der Waals surface area contributed by atoms with E-state index in [1.165, 1.54) is 12.1 Å². The molecule has 42 heavy (non-hydrogen) atoms. The van der Waals surface area contributed by atoms with Gasteiger partial charge in [-0.15, -0.1) is 0 Å². The molecule has 2 N–H and O–H groups in total. The fourth-order valence-corrected chi connectivity index (χ4v) is 5.07. The van der Waals surface area contributed by atoms with Gasteiger partial charge in [-0.25, -0.2) is 14.4 Å². The molecule has 2 rings (SSSR count). The maximum Gasteiger partial charge on any atom is 0.424 e. The van der Waals surface area contributed by atoms with Gasteiger partial charge in [0.15, 0.2) is 0 Å². The Kier molecular flexibility index (Phi) is 10.9. The predicted molar refractivity (Wildman–Crippen MR) is 162 cm³/mol. The quantitative estimate of drug-likeness (QED) is 0.283. The van der Waals surface area contributed by atoms with Gasteiger partial charge in [-0.1, -0.05) is 15.9 Å². The second-order valence-electron chi connectivity index (χ2n) is 13.5. The van der Waals surface area contributed by atoms with Crippen LogP contribution in [0.15, 0.2) is 16.6 Å². The highest BCUT2D eigenvalue weighted by Gasteiger charge is 2.42. The highest BCUT2D eigenvalue weighted by atomic mass is 79.9. The number of amides is 2. The number of halogens is 1. The van der Waals surface area contributed by atoms with Crippen LogP contribution in [0.4, 0.5) is 15.3 Å². The number of hydrogen-bond donors (Lipinski definition) is 1. The Morgan fingerprint density at radius 3 is 1.86 bits per heavy atom. The molecule has 2 amide bonds. The van der Waals surface area contributed by atoms with E-state index in [9.17, 15) is 19.2 Å². The van der Waals surface area contributed by atoms with Crippen LogP contribution >= 0.6 is 15.9 Å². The molecule has 1 aliphatic heterocycles. The van der Waals surface area contributed by atoms with Crippen LogP contribution in [0.2, 0.25) is 0 Å². The van der Waals surface area contributed by atoms with E-state index in [2.05, 4.69) is 15.9 Å². The summed E-state index contributed by atoms with van der Waals surface area (Å²) in [7, 11) is 0. The summed E-state index contributed by atoms with van der Waals surface area (Å²) in [5.41, 5.74) is 3.43. The zero-order valence-corrected chi connectivity index (χ0v) is 28.3. The van der Waals surface area contributed by atoms with Crippen molar-refractivity contribution in [3.63, 3.8) is 0 Å². The van der Waals surface area contributed by atoms with Crippen molar-refractivity contribution in [2.75, 3.05) is 24.6 Å². The number of carbonyl (C=O) groups excluding carboxylic acids is 4. The molecule has 11 nitrogen and oxygen atoms in total. The topological polar surface area (TPSA) is 138 Å². The highest BCUT2D eigenvalue weighted by Crippen LogP contribution is 2.39. The minimum atomic E-state index is -1.20. The van der Waals surface area contributed by atoms with Crippen LogP contribution in [0.1, 0.15) is 98.5 Å². The molecule has 1 heterocycles. The van der Waals surface area contributed by atoms with Gasteiger partial charge in [-0.05, 0) is 94.7 Å². The lowest BCUT2D eigenvalue weighted by Crippen LogP contribution is -2.51. The van der Waals surface area contributed by atoms with Gasteiger partial charge >= 0.3 is 24.1 Å². The Morgan fingerprint density at radius 2 is 1.40 bits per heavy atom. The number of nitrogens with zero attached hydrogens (tertiary/aromatic N) is 2. The van der Waals surface area contributed by atoms with Crippen LogP contribution in [-0.4, -0.2) is 65.5 Å². The molecule has 0 aliphatic carbocycles. The zero-order chi connectivity index (χ0) is 32.4. The fourth-order valence-electron chi connectivity index (χ4n) is 4.32. The van der Waals surface area contributed by atoms with Crippen molar-refractivity contribution in [2.45, 2.75) is 105 Å². The Bertz CT molecular complexity index is 1170. The minimum Gasteiger partial charge on any atom is -0.462 e. The van der Waals surface area contributed by atoms with Gasteiger partial charge in [-0.3, -0.25) is 9.69 Å². The monoisotopic (exact) mass is 655 g/mol. The third-order valence-corrected chi connectivity index (χ3v) is 6.76. The van der Waals surface area contributed by atoms with Crippen LogP contribution in [0.3, 0.4) is 0 Å². The third kappa shape index (κ3) is 9.40. The van der Waals surface area contributed by atoms with Crippen molar-refractivity contribution in [1.82, 2.24) is 4.90 Å². The largest absolute Gasteiger partial charge is 0.462 e. The standard InChI is InChI=1S/C30H46BrN3O8/c1-12-39-24(36)19-15-21(31)20(30(11,32)33-14-13-18(17-33)23(35)40-27(2,3)4)16-22(19)34(25(37)41-28(5,6)7)26(38)42-29(8,9)10/h15-16,18H,12-14,17,32H2,1-11H3/t18?,30-/m1/s1. The second kappa shape index (κ2) is 12.9. The van der Waals surface area contributed by atoms with Crippen molar-refractivity contribution in [3.05, 3.63) is 27.7 Å². The molecule has 1 aromatic rings. The lowest BCUT2D eigenvalue weighted by molar-refractivity contribution is -0.159. The van der Waals surface area contributed by atoms with Crippen molar-refractivity contribution < 1.29 is 38.1 Å². The number of esters is 2. The van der Waals surface area contributed by atoms with Gasteiger partial charge in [0.25, 0.3) is 0 Å². The predicted octanol–water partition coefficient (Wildman–Crippen LogP) is 6.10. The van der Waals surface area contributed by atoms with Crippen molar-refractivity contribution in [1.29, 1.82) is 0 Å². The maximum absolute atomic E-state index is 13.5. The summed E-state index contributed by atoms with van der Waals surface area (Å²) in [5.74, 6) is -1.45. The number of ether oxygens (including phenoxy) is 4. The van der Waals surface area contributed by atoms with Crippen LogP contribution in [-0.2, 0) is 29.4 Å². The fraction of sp³-hybridized carbons (Fsp3) is 0.667. The number of carbonyl (C=O) groups is 4. The van der Waals surface area contributed by atoms with Crippen molar-refractivity contribution in [2.24, 2.45) is 11.7 Å². The molecule has 0 aromatic heterocycles. The summed E-state index contributed by atoms with van der Waals surface area (Å²) in [5, 5.41) is 0. The first kappa shape index (κ1) is 35.5. The Morgan fingerprint density at radius 1 is 0.905 bits per heavy atom. The SMILES string of the molecule is CCOC(=O)c1cc(Br)c([C@](C)(N)N2CCC(C(=O)OC(C)(C)C)C2)cc1N(C(=O)OC(C)(C)C)C(=O)OC(C)(C)C. The molecule has 0 spiro atoms. The lowest BCUT2D eigenvalue weighted by atomic mass is 9.97. The molecule has 0 bridgehead atoms. The van der Waals surface area contributed by atoms with Crippen molar-refractivity contribution in [3.8, 4) is 0 Å². The molecule has 0 saturated carbocycles. The van der Waals surface area contributed by atoms with Crippen LogP contribution < -0.4 is 10.6 Å².